The van der Waals surface area contributed by atoms with Gasteiger partial charge in [-0.05, 0) is 55.8 Å². The molecular formula is C21H28ClIN4O3. The average Bonchev–Trinajstić information content (AvgIpc) is 3.45. The van der Waals surface area contributed by atoms with Crippen molar-refractivity contribution in [2.75, 3.05) is 39.9 Å². The van der Waals surface area contributed by atoms with E-state index in [0.717, 1.165) is 36.9 Å². The number of furan rings is 1. The lowest BCUT2D eigenvalue weighted by atomic mass is 10.2. The predicted octanol–water partition coefficient (Wildman–Crippen LogP) is 3.82. The topological polar surface area (TPSA) is 71.3 Å². The van der Waals surface area contributed by atoms with Crippen molar-refractivity contribution in [3.05, 3.63) is 46.9 Å². The van der Waals surface area contributed by atoms with E-state index in [1.54, 1.807) is 13.3 Å². The van der Waals surface area contributed by atoms with Crippen LogP contribution >= 0.6 is 35.6 Å². The first-order valence-corrected chi connectivity index (χ1v) is 10.4. The molecule has 0 spiro atoms. The van der Waals surface area contributed by atoms with Gasteiger partial charge >= 0.3 is 0 Å². The maximum Gasteiger partial charge on any atom is 0.191 e. The molecule has 0 amide bonds. The number of likely N-dealkylation sites (tertiary alicyclic amines) is 1. The number of benzene rings is 1. The lowest BCUT2D eigenvalue weighted by Crippen LogP contribution is -2.42. The second-order valence-corrected chi connectivity index (χ2v) is 7.59. The third-order valence-electron chi connectivity index (χ3n) is 5.26. The number of guanidine groups is 1. The minimum atomic E-state index is 0. The Hall–Kier alpha value is -1.65. The number of aliphatic imine (C=N–C) groups is 1. The van der Waals surface area contributed by atoms with Crippen molar-refractivity contribution in [2.45, 2.75) is 25.4 Å². The third-order valence-corrected chi connectivity index (χ3v) is 5.54. The van der Waals surface area contributed by atoms with Gasteiger partial charge in [-0.15, -0.1) is 24.0 Å². The highest BCUT2D eigenvalue weighted by molar-refractivity contribution is 14.0. The molecule has 0 bridgehead atoms. The maximum absolute atomic E-state index is 6.33. The molecule has 4 rings (SSSR count). The van der Waals surface area contributed by atoms with Crippen LogP contribution in [-0.2, 0) is 6.54 Å². The molecule has 1 unspecified atom stereocenters. The molecule has 0 radical (unpaired) electrons. The number of ether oxygens (including phenoxy) is 2. The normalized spacial score (nSPS) is 17.3. The van der Waals surface area contributed by atoms with Gasteiger partial charge in [-0.3, -0.25) is 9.89 Å². The molecular weight excluding hydrogens is 519 g/mol. The summed E-state index contributed by atoms with van der Waals surface area (Å²) in [6.07, 6.45) is 4.20. The van der Waals surface area contributed by atoms with Crippen LogP contribution < -0.4 is 20.1 Å². The lowest BCUT2D eigenvalue weighted by Gasteiger charge is -2.26. The van der Waals surface area contributed by atoms with E-state index in [1.807, 2.05) is 24.3 Å². The second kappa shape index (κ2) is 11.1. The predicted molar refractivity (Wildman–Crippen MR) is 128 cm³/mol. The van der Waals surface area contributed by atoms with Gasteiger partial charge in [0.05, 0.1) is 17.3 Å². The van der Waals surface area contributed by atoms with Crippen LogP contribution in [-0.4, -0.2) is 50.8 Å². The molecule has 3 heterocycles. The van der Waals surface area contributed by atoms with E-state index in [1.165, 1.54) is 12.8 Å². The molecule has 1 aromatic heterocycles. The smallest absolute Gasteiger partial charge is 0.191 e. The van der Waals surface area contributed by atoms with Crippen LogP contribution in [0.5, 0.6) is 11.5 Å². The van der Waals surface area contributed by atoms with Crippen molar-refractivity contribution in [3.8, 4) is 11.5 Å². The minimum Gasteiger partial charge on any atom is -0.486 e. The quantitative estimate of drug-likeness (QED) is 0.326. The number of fused-ring (bicyclic) bond motifs is 1. The molecule has 2 aliphatic rings. The van der Waals surface area contributed by atoms with Gasteiger partial charge in [-0.25, -0.2) is 0 Å². The fraction of sp³-hybridized carbons (Fsp3) is 0.476. The molecule has 1 atom stereocenters. The van der Waals surface area contributed by atoms with Gasteiger partial charge < -0.3 is 24.5 Å². The molecule has 1 saturated heterocycles. The number of nitrogens with one attached hydrogen (secondary N) is 2. The van der Waals surface area contributed by atoms with E-state index in [0.29, 0.717) is 36.3 Å². The van der Waals surface area contributed by atoms with Gasteiger partial charge in [-0.2, -0.15) is 0 Å². The molecule has 7 nitrogen and oxygen atoms in total. The van der Waals surface area contributed by atoms with E-state index in [2.05, 4.69) is 20.5 Å². The number of hydrogen-bond donors (Lipinski definition) is 2. The first kappa shape index (κ1) is 23.0. The van der Waals surface area contributed by atoms with Crippen molar-refractivity contribution in [3.63, 3.8) is 0 Å². The summed E-state index contributed by atoms with van der Waals surface area (Å²) < 4.78 is 16.9. The molecule has 2 aliphatic heterocycles. The van der Waals surface area contributed by atoms with Gasteiger partial charge in [0, 0.05) is 20.1 Å². The van der Waals surface area contributed by atoms with Gasteiger partial charge in [0.25, 0.3) is 0 Å². The molecule has 2 aromatic rings. The fourth-order valence-electron chi connectivity index (χ4n) is 3.81. The van der Waals surface area contributed by atoms with Crippen molar-refractivity contribution in [1.29, 1.82) is 0 Å². The maximum atomic E-state index is 6.33. The average molecular weight is 547 g/mol. The van der Waals surface area contributed by atoms with Crippen molar-refractivity contribution in [1.82, 2.24) is 15.5 Å². The summed E-state index contributed by atoms with van der Waals surface area (Å²) in [6, 6.07) is 8.02. The SMILES string of the molecule is CN=C(NCc1cc(Cl)c2c(c1)OCCO2)NCC(c1ccco1)N1CCCC1.I. The zero-order valence-electron chi connectivity index (χ0n) is 17.0. The zero-order valence-corrected chi connectivity index (χ0v) is 20.1. The Balaban J connectivity index is 0.00000256. The van der Waals surface area contributed by atoms with E-state index in [-0.39, 0.29) is 30.0 Å². The highest BCUT2D eigenvalue weighted by Crippen LogP contribution is 2.38. The molecule has 0 saturated carbocycles. The molecule has 9 heteroatoms. The first-order valence-electron chi connectivity index (χ1n) is 10.0. The van der Waals surface area contributed by atoms with E-state index in [4.69, 9.17) is 25.5 Å². The Morgan fingerprint density at radius 2 is 2.00 bits per heavy atom. The van der Waals surface area contributed by atoms with Crippen molar-refractivity contribution in [2.24, 2.45) is 4.99 Å². The molecule has 1 fully saturated rings. The summed E-state index contributed by atoms with van der Waals surface area (Å²) in [5, 5.41) is 7.34. The summed E-state index contributed by atoms with van der Waals surface area (Å²) in [4.78, 5) is 6.81. The Morgan fingerprint density at radius 1 is 1.20 bits per heavy atom. The number of rotatable bonds is 6. The van der Waals surface area contributed by atoms with E-state index < -0.39 is 0 Å². The Bertz CT molecular complexity index is 841. The van der Waals surface area contributed by atoms with Crippen molar-refractivity contribution < 1.29 is 13.9 Å². The third kappa shape index (κ3) is 5.53. The van der Waals surface area contributed by atoms with Gasteiger partial charge in [0.15, 0.2) is 17.5 Å². The Labute approximate surface area is 199 Å². The minimum absolute atomic E-state index is 0. The molecule has 1 aromatic carbocycles. The highest BCUT2D eigenvalue weighted by atomic mass is 127. The molecule has 2 N–H and O–H groups in total. The van der Waals surface area contributed by atoms with Crippen LogP contribution in [0.2, 0.25) is 5.02 Å². The Morgan fingerprint density at radius 3 is 2.73 bits per heavy atom. The van der Waals surface area contributed by atoms with E-state index >= 15 is 0 Å². The summed E-state index contributed by atoms with van der Waals surface area (Å²) in [5.41, 5.74) is 1.00. The van der Waals surface area contributed by atoms with Crippen LogP contribution in [0.3, 0.4) is 0 Å². The number of hydrogen-bond acceptors (Lipinski definition) is 5. The van der Waals surface area contributed by atoms with Crippen LogP contribution in [0, 0.1) is 0 Å². The van der Waals surface area contributed by atoms with E-state index in [9.17, 15) is 0 Å². The van der Waals surface area contributed by atoms with Crippen LogP contribution in [0.4, 0.5) is 0 Å². The zero-order chi connectivity index (χ0) is 20.1. The Kier molecular flexibility index (Phi) is 8.52. The second-order valence-electron chi connectivity index (χ2n) is 7.18. The van der Waals surface area contributed by atoms with Gasteiger partial charge in [0.2, 0.25) is 0 Å². The fourth-order valence-corrected chi connectivity index (χ4v) is 4.10. The first-order chi connectivity index (χ1) is 14.2. The van der Waals surface area contributed by atoms with Crippen LogP contribution in [0.1, 0.15) is 30.2 Å². The highest BCUT2D eigenvalue weighted by Gasteiger charge is 2.25. The molecule has 30 heavy (non-hydrogen) atoms. The largest absolute Gasteiger partial charge is 0.486 e. The molecule has 164 valence electrons. The summed E-state index contributed by atoms with van der Waals surface area (Å²) in [7, 11) is 1.77. The number of nitrogens with zero attached hydrogens (tertiary/aromatic N) is 2. The molecule has 0 aliphatic carbocycles. The van der Waals surface area contributed by atoms with Crippen LogP contribution in [0.15, 0.2) is 39.9 Å². The monoisotopic (exact) mass is 546 g/mol. The summed E-state index contributed by atoms with van der Waals surface area (Å²) >= 11 is 6.33. The van der Waals surface area contributed by atoms with Crippen LogP contribution in [0.25, 0.3) is 0 Å². The van der Waals surface area contributed by atoms with Crippen molar-refractivity contribution >= 4 is 41.5 Å². The summed E-state index contributed by atoms with van der Waals surface area (Å²) in [6.45, 7) is 4.53. The lowest BCUT2D eigenvalue weighted by molar-refractivity contribution is 0.171. The standard InChI is InChI=1S/C21H27ClN4O3.HI/c1-23-21(24-13-15-11-16(22)20-19(12-15)28-9-10-29-20)25-14-17(18-5-4-8-27-18)26-6-2-3-7-26;/h4-5,8,11-12,17H,2-3,6-7,9-10,13-14H2,1H3,(H2,23,24,25);1H. The van der Waals surface area contributed by atoms with Gasteiger partial charge in [0.1, 0.15) is 19.0 Å². The summed E-state index contributed by atoms with van der Waals surface area (Å²) in [5.74, 6) is 3.02. The van der Waals surface area contributed by atoms with Gasteiger partial charge in [-0.1, -0.05) is 11.6 Å². The number of halogens is 2.